The van der Waals surface area contributed by atoms with Crippen LogP contribution in [0.3, 0.4) is 0 Å². The largest absolute Gasteiger partial charge is 0.399 e. The molecule has 0 saturated carbocycles. The van der Waals surface area contributed by atoms with Gasteiger partial charge in [-0.1, -0.05) is 6.07 Å². The standard InChI is InChI=1S/C10H12N2O2/c11-6-2-1-5-3-8(13)9(10(12)14)7(5)4-6/h1-2,4,8-9,13H,3,11H2,(H2,12,14)/t8-,9-/m1/s1. The lowest BCUT2D eigenvalue weighted by Gasteiger charge is -2.11. The molecular formula is C10H12N2O2. The topological polar surface area (TPSA) is 89.3 Å². The Morgan fingerprint density at radius 3 is 2.86 bits per heavy atom. The van der Waals surface area contributed by atoms with Gasteiger partial charge in [-0.25, -0.2) is 0 Å². The molecule has 0 fully saturated rings. The summed E-state index contributed by atoms with van der Waals surface area (Å²) in [7, 11) is 0. The average Bonchev–Trinajstić information content (AvgIpc) is 2.40. The second-order valence-electron chi connectivity index (χ2n) is 3.61. The van der Waals surface area contributed by atoms with Gasteiger partial charge in [0.05, 0.1) is 12.0 Å². The minimum atomic E-state index is -0.704. The molecule has 4 nitrogen and oxygen atoms in total. The maximum atomic E-state index is 11.1. The van der Waals surface area contributed by atoms with Crippen LogP contribution in [0.15, 0.2) is 18.2 Å². The van der Waals surface area contributed by atoms with E-state index in [1.807, 2.05) is 6.07 Å². The summed E-state index contributed by atoms with van der Waals surface area (Å²) in [6.07, 6.45) is -0.229. The number of aliphatic hydroxyl groups excluding tert-OH is 1. The van der Waals surface area contributed by atoms with Crippen LogP contribution in [0.5, 0.6) is 0 Å². The monoisotopic (exact) mass is 192 g/mol. The highest BCUT2D eigenvalue weighted by atomic mass is 16.3. The fourth-order valence-electron chi connectivity index (χ4n) is 1.98. The van der Waals surface area contributed by atoms with Gasteiger partial charge in [-0.2, -0.15) is 0 Å². The predicted molar refractivity (Wildman–Crippen MR) is 52.5 cm³/mol. The number of amides is 1. The molecule has 1 aromatic carbocycles. The van der Waals surface area contributed by atoms with E-state index >= 15 is 0 Å². The summed E-state index contributed by atoms with van der Waals surface area (Å²) in [5, 5.41) is 9.63. The number of carbonyl (C=O) groups excluding carboxylic acids is 1. The van der Waals surface area contributed by atoms with E-state index in [9.17, 15) is 9.90 Å². The maximum Gasteiger partial charge on any atom is 0.227 e. The van der Waals surface area contributed by atoms with E-state index in [4.69, 9.17) is 11.5 Å². The molecular weight excluding hydrogens is 180 g/mol. The van der Waals surface area contributed by atoms with Crippen molar-refractivity contribution in [2.75, 3.05) is 5.73 Å². The summed E-state index contributed by atoms with van der Waals surface area (Å²) >= 11 is 0. The lowest BCUT2D eigenvalue weighted by atomic mass is 9.99. The minimum absolute atomic E-state index is 0.475. The van der Waals surface area contributed by atoms with Gasteiger partial charge in [0.1, 0.15) is 0 Å². The number of hydrogen-bond donors (Lipinski definition) is 3. The molecule has 1 aliphatic carbocycles. The summed E-state index contributed by atoms with van der Waals surface area (Å²) in [6, 6.07) is 5.30. The number of carbonyl (C=O) groups is 1. The molecule has 0 aliphatic heterocycles. The summed E-state index contributed by atoms with van der Waals surface area (Å²) in [5.41, 5.74) is 13.1. The van der Waals surface area contributed by atoms with Crippen molar-refractivity contribution in [1.29, 1.82) is 0 Å². The Balaban J connectivity index is 2.49. The van der Waals surface area contributed by atoms with E-state index in [2.05, 4.69) is 0 Å². The second kappa shape index (κ2) is 2.99. The van der Waals surface area contributed by atoms with Crippen molar-refractivity contribution in [3.8, 4) is 0 Å². The Hall–Kier alpha value is -1.55. The van der Waals surface area contributed by atoms with Gasteiger partial charge < -0.3 is 16.6 Å². The third-order valence-corrected chi connectivity index (χ3v) is 2.63. The molecule has 0 saturated heterocycles. The molecule has 1 amide bonds. The highest BCUT2D eigenvalue weighted by Gasteiger charge is 2.34. The van der Waals surface area contributed by atoms with Crippen molar-refractivity contribution in [3.05, 3.63) is 29.3 Å². The van der Waals surface area contributed by atoms with Crippen LogP contribution in [-0.2, 0) is 11.2 Å². The molecule has 4 heteroatoms. The van der Waals surface area contributed by atoms with Crippen molar-refractivity contribution in [2.45, 2.75) is 18.4 Å². The molecule has 2 rings (SSSR count). The smallest absolute Gasteiger partial charge is 0.227 e. The van der Waals surface area contributed by atoms with Crippen LogP contribution in [0.4, 0.5) is 5.69 Å². The molecule has 0 bridgehead atoms. The molecule has 5 N–H and O–H groups in total. The van der Waals surface area contributed by atoms with Gasteiger partial charge in [-0.05, 0) is 29.7 Å². The molecule has 0 radical (unpaired) electrons. The number of hydrogen-bond acceptors (Lipinski definition) is 3. The first kappa shape index (κ1) is 9.02. The quantitative estimate of drug-likeness (QED) is 0.536. The number of nitrogen functional groups attached to an aromatic ring is 1. The van der Waals surface area contributed by atoms with E-state index in [-0.39, 0.29) is 0 Å². The van der Waals surface area contributed by atoms with Crippen molar-refractivity contribution in [3.63, 3.8) is 0 Å². The first-order valence-electron chi connectivity index (χ1n) is 4.45. The van der Waals surface area contributed by atoms with E-state index < -0.39 is 17.9 Å². The first-order valence-corrected chi connectivity index (χ1v) is 4.45. The fourth-order valence-corrected chi connectivity index (χ4v) is 1.98. The van der Waals surface area contributed by atoms with Crippen LogP contribution in [0.25, 0.3) is 0 Å². The van der Waals surface area contributed by atoms with Crippen LogP contribution in [0.1, 0.15) is 17.0 Å². The molecule has 14 heavy (non-hydrogen) atoms. The average molecular weight is 192 g/mol. The Kier molecular flexibility index (Phi) is 1.93. The van der Waals surface area contributed by atoms with E-state index in [0.717, 1.165) is 11.1 Å². The van der Waals surface area contributed by atoms with Crippen molar-refractivity contribution >= 4 is 11.6 Å². The zero-order chi connectivity index (χ0) is 10.3. The number of benzene rings is 1. The maximum absolute atomic E-state index is 11.1. The summed E-state index contributed by atoms with van der Waals surface area (Å²) in [6.45, 7) is 0. The second-order valence-corrected chi connectivity index (χ2v) is 3.61. The van der Waals surface area contributed by atoms with Gasteiger partial charge in [-0.15, -0.1) is 0 Å². The van der Waals surface area contributed by atoms with Gasteiger partial charge in [0.2, 0.25) is 5.91 Å². The van der Waals surface area contributed by atoms with Crippen molar-refractivity contribution in [1.82, 2.24) is 0 Å². The lowest BCUT2D eigenvalue weighted by molar-refractivity contribution is -0.121. The summed E-state index contributed by atoms with van der Waals surface area (Å²) in [5.74, 6) is -1.10. The lowest BCUT2D eigenvalue weighted by Crippen LogP contribution is -2.28. The fraction of sp³-hybridized carbons (Fsp3) is 0.300. The summed E-state index contributed by atoms with van der Waals surface area (Å²) < 4.78 is 0. The van der Waals surface area contributed by atoms with Crippen LogP contribution < -0.4 is 11.5 Å². The SMILES string of the molecule is NC(=O)[C@@H]1c2cc(N)ccc2C[C@H]1O. The third-order valence-electron chi connectivity index (χ3n) is 2.63. The normalized spacial score (nSPS) is 24.6. The van der Waals surface area contributed by atoms with Crippen LogP contribution in [-0.4, -0.2) is 17.1 Å². The molecule has 0 aromatic heterocycles. The first-order chi connectivity index (χ1) is 6.59. The van der Waals surface area contributed by atoms with Gasteiger partial charge >= 0.3 is 0 Å². The molecule has 1 aromatic rings. The Morgan fingerprint density at radius 1 is 1.50 bits per heavy atom. The molecule has 0 heterocycles. The number of primary amides is 1. The summed E-state index contributed by atoms with van der Waals surface area (Å²) in [4.78, 5) is 11.1. The zero-order valence-corrected chi connectivity index (χ0v) is 7.60. The number of fused-ring (bicyclic) bond motifs is 1. The highest BCUT2D eigenvalue weighted by molar-refractivity contribution is 5.84. The van der Waals surface area contributed by atoms with E-state index in [0.29, 0.717) is 12.1 Å². The Morgan fingerprint density at radius 2 is 2.21 bits per heavy atom. The minimum Gasteiger partial charge on any atom is -0.399 e. The van der Waals surface area contributed by atoms with Crippen molar-refractivity contribution < 1.29 is 9.90 Å². The van der Waals surface area contributed by atoms with Crippen LogP contribution in [0.2, 0.25) is 0 Å². The molecule has 1 aliphatic rings. The molecule has 2 atom stereocenters. The molecule has 0 spiro atoms. The number of anilines is 1. The van der Waals surface area contributed by atoms with Gasteiger partial charge in [0.15, 0.2) is 0 Å². The number of nitrogens with two attached hydrogens (primary N) is 2. The van der Waals surface area contributed by atoms with Crippen molar-refractivity contribution in [2.24, 2.45) is 5.73 Å². The highest BCUT2D eigenvalue weighted by Crippen LogP contribution is 2.34. The van der Waals surface area contributed by atoms with Gasteiger partial charge in [-0.3, -0.25) is 4.79 Å². The zero-order valence-electron chi connectivity index (χ0n) is 7.60. The number of aliphatic hydroxyl groups is 1. The Bertz CT molecular complexity index is 390. The van der Waals surface area contributed by atoms with E-state index in [1.54, 1.807) is 12.1 Å². The van der Waals surface area contributed by atoms with Gasteiger partial charge in [0, 0.05) is 5.69 Å². The van der Waals surface area contributed by atoms with Crippen LogP contribution in [0, 0.1) is 0 Å². The molecule has 74 valence electrons. The number of rotatable bonds is 1. The third kappa shape index (κ3) is 1.24. The predicted octanol–water partition coefficient (Wildman–Crippen LogP) is -0.245. The molecule has 0 unspecified atom stereocenters. The van der Waals surface area contributed by atoms with Crippen LogP contribution >= 0.6 is 0 Å². The van der Waals surface area contributed by atoms with Gasteiger partial charge in [0.25, 0.3) is 0 Å². The Labute approximate surface area is 81.5 Å². The van der Waals surface area contributed by atoms with E-state index in [1.165, 1.54) is 0 Å².